The maximum absolute atomic E-state index is 12.4. The average molecular weight is 397 g/mol. The number of likely N-dealkylation sites (N-methyl/N-ethyl adjacent to an activating group) is 1. The van der Waals surface area contributed by atoms with Gasteiger partial charge in [0.25, 0.3) is 0 Å². The number of hydrogen-bond donors (Lipinski definition) is 1. The second-order valence-electron chi connectivity index (χ2n) is 9.01. The van der Waals surface area contributed by atoms with Crippen molar-refractivity contribution in [3.63, 3.8) is 0 Å². The number of carbonyl (C=O) groups excluding carboxylic acids is 2. The Morgan fingerprint density at radius 2 is 1.81 bits per heavy atom. The van der Waals surface area contributed by atoms with Gasteiger partial charge in [-0.1, -0.05) is 0 Å². The van der Waals surface area contributed by atoms with Gasteiger partial charge in [-0.15, -0.1) is 11.3 Å². The third kappa shape index (κ3) is 6.41. The Labute approximate surface area is 166 Å². The number of aryl methyl sites for hydroxylation is 1. The minimum absolute atomic E-state index is 0.0993. The molecule has 1 atom stereocenters. The normalized spacial score (nSPS) is 17.1. The smallest absolute Gasteiger partial charge is 0.410 e. The molecular weight excluding hydrogens is 364 g/mol. The number of amides is 2. The number of thiophene rings is 1. The largest absolute Gasteiger partial charge is 0.444 e. The molecule has 0 fully saturated rings. The van der Waals surface area contributed by atoms with Crippen molar-refractivity contribution < 1.29 is 19.1 Å². The summed E-state index contributed by atoms with van der Waals surface area (Å²) >= 11 is 1.72. The summed E-state index contributed by atoms with van der Waals surface area (Å²) in [4.78, 5) is 27.3. The Morgan fingerprint density at radius 3 is 2.41 bits per heavy atom. The second-order valence-corrected chi connectivity index (χ2v) is 9.97. The van der Waals surface area contributed by atoms with Gasteiger partial charge in [0.1, 0.15) is 11.2 Å². The van der Waals surface area contributed by atoms with Crippen LogP contribution in [-0.4, -0.2) is 41.4 Å². The zero-order chi connectivity index (χ0) is 20.4. The van der Waals surface area contributed by atoms with Crippen molar-refractivity contribution in [3.8, 4) is 0 Å². The molecule has 1 aliphatic rings. The monoisotopic (exact) mass is 396 g/mol. The summed E-state index contributed by atoms with van der Waals surface area (Å²) in [6, 6.07) is 0.0993. The van der Waals surface area contributed by atoms with Gasteiger partial charge >= 0.3 is 12.2 Å². The molecule has 0 saturated carbocycles. The van der Waals surface area contributed by atoms with Crippen LogP contribution in [0.2, 0.25) is 0 Å². The number of rotatable bonds is 3. The van der Waals surface area contributed by atoms with Gasteiger partial charge < -0.3 is 19.7 Å². The molecule has 0 saturated heterocycles. The lowest BCUT2D eigenvalue weighted by Crippen LogP contribution is -2.43. The summed E-state index contributed by atoms with van der Waals surface area (Å²) in [6.45, 7) is 11.6. The summed E-state index contributed by atoms with van der Waals surface area (Å²) in [5, 5.41) is 4.93. The summed E-state index contributed by atoms with van der Waals surface area (Å²) < 4.78 is 10.8. The molecule has 7 heteroatoms. The van der Waals surface area contributed by atoms with Crippen LogP contribution >= 0.6 is 11.3 Å². The van der Waals surface area contributed by atoms with E-state index in [1.54, 1.807) is 23.3 Å². The number of ether oxygens (including phenoxy) is 2. The van der Waals surface area contributed by atoms with Gasteiger partial charge in [-0.3, -0.25) is 0 Å². The fraction of sp³-hybridized carbons (Fsp3) is 0.700. The van der Waals surface area contributed by atoms with Crippen molar-refractivity contribution in [2.24, 2.45) is 0 Å². The Hall–Kier alpha value is -1.76. The highest BCUT2D eigenvalue weighted by Gasteiger charge is 2.30. The lowest BCUT2D eigenvalue weighted by atomic mass is 9.91. The Balaban J connectivity index is 2.00. The van der Waals surface area contributed by atoms with Crippen molar-refractivity contribution in [1.82, 2.24) is 10.2 Å². The topological polar surface area (TPSA) is 67.9 Å². The van der Waals surface area contributed by atoms with Gasteiger partial charge in [-0.2, -0.15) is 0 Å². The standard InChI is InChI=1S/C20H32N2O4S/c1-19(2,3)25-17(23)21-11-13-12-27-16-9-8-14(10-15(13)16)22(7)18(24)26-20(4,5)6/h12,14H,8-11H2,1-7H3,(H,21,23). The average Bonchev–Trinajstić information content (AvgIpc) is 2.91. The van der Waals surface area contributed by atoms with E-state index in [1.807, 2.05) is 41.5 Å². The van der Waals surface area contributed by atoms with Crippen molar-refractivity contribution in [2.45, 2.75) is 84.6 Å². The summed E-state index contributed by atoms with van der Waals surface area (Å²) in [5.74, 6) is 0. The molecule has 0 radical (unpaired) electrons. The zero-order valence-corrected chi connectivity index (χ0v) is 18.3. The van der Waals surface area contributed by atoms with Crippen molar-refractivity contribution in [1.29, 1.82) is 0 Å². The fourth-order valence-electron chi connectivity index (χ4n) is 3.00. The summed E-state index contributed by atoms with van der Waals surface area (Å²) in [5.41, 5.74) is 1.32. The number of nitrogens with one attached hydrogen (secondary N) is 1. The second kappa shape index (κ2) is 8.09. The van der Waals surface area contributed by atoms with Crippen LogP contribution in [0, 0.1) is 0 Å². The molecule has 0 aromatic carbocycles. The number of alkyl carbamates (subject to hydrolysis) is 1. The van der Waals surface area contributed by atoms with Gasteiger partial charge in [0.2, 0.25) is 0 Å². The van der Waals surface area contributed by atoms with Crippen LogP contribution in [0.25, 0.3) is 0 Å². The maximum Gasteiger partial charge on any atom is 0.410 e. The first kappa shape index (κ1) is 21.5. The zero-order valence-electron chi connectivity index (χ0n) is 17.5. The third-order valence-electron chi connectivity index (χ3n) is 4.26. The summed E-state index contributed by atoms with van der Waals surface area (Å²) in [6.07, 6.45) is 1.92. The number of nitrogens with zero attached hydrogens (tertiary/aromatic N) is 1. The predicted molar refractivity (Wildman–Crippen MR) is 107 cm³/mol. The van der Waals surface area contributed by atoms with Gasteiger partial charge in [-0.05, 0) is 77.3 Å². The first-order valence-electron chi connectivity index (χ1n) is 9.36. The first-order valence-corrected chi connectivity index (χ1v) is 10.2. The molecule has 1 aromatic rings. The lowest BCUT2D eigenvalue weighted by molar-refractivity contribution is 0.0210. The van der Waals surface area contributed by atoms with Gasteiger partial charge in [0.05, 0.1) is 0 Å². The van der Waals surface area contributed by atoms with E-state index >= 15 is 0 Å². The van der Waals surface area contributed by atoms with E-state index in [1.165, 1.54) is 10.4 Å². The van der Waals surface area contributed by atoms with Gasteiger partial charge in [-0.25, -0.2) is 9.59 Å². The SMILES string of the molecule is CN(C(=O)OC(C)(C)C)C1CCc2scc(CNC(=O)OC(C)(C)C)c2C1. The van der Waals surface area contributed by atoms with E-state index in [0.717, 1.165) is 24.8 Å². The van der Waals surface area contributed by atoms with E-state index in [9.17, 15) is 9.59 Å². The highest BCUT2D eigenvalue weighted by Crippen LogP contribution is 2.32. The molecule has 1 N–H and O–H groups in total. The van der Waals surface area contributed by atoms with Crippen LogP contribution < -0.4 is 5.32 Å². The molecule has 2 rings (SSSR count). The highest BCUT2D eigenvalue weighted by molar-refractivity contribution is 7.10. The van der Waals surface area contributed by atoms with Crippen molar-refractivity contribution in [2.75, 3.05) is 7.05 Å². The minimum atomic E-state index is -0.515. The fourth-order valence-corrected chi connectivity index (χ4v) is 4.10. The van der Waals surface area contributed by atoms with Crippen LogP contribution in [-0.2, 0) is 28.9 Å². The molecule has 0 bridgehead atoms. The van der Waals surface area contributed by atoms with Crippen LogP contribution in [0.3, 0.4) is 0 Å². The first-order chi connectivity index (χ1) is 12.4. The number of fused-ring (bicyclic) bond motifs is 1. The molecule has 1 aliphatic carbocycles. The van der Waals surface area contributed by atoms with Gasteiger partial charge in [0.15, 0.2) is 0 Å². The Bertz CT molecular complexity index is 685. The molecule has 27 heavy (non-hydrogen) atoms. The molecule has 1 aromatic heterocycles. The Kier molecular flexibility index (Phi) is 6.45. The van der Waals surface area contributed by atoms with Crippen LogP contribution in [0.15, 0.2) is 5.38 Å². The Morgan fingerprint density at radius 1 is 1.19 bits per heavy atom. The number of hydrogen-bond acceptors (Lipinski definition) is 5. The molecule has 1 heterocycles. The van der Waals surface area contributed by atoms with Gasteiger partial charge in [0, 0.05) is 24.5 Å². The highest BCUT2D eigenvalue weighted by atomic mass is 32.1. The van der Waals surface area contributed by atoms with Crippen molar-refractivity contribution >= 4 is 23.5 Å². The molecule has 0 aliphatic heterocycles. The van der Waals surface area contributed by atoms with Crippen LogP contribution in [0.4, 0.5) is 9.59 Å². The third-order valence-corrected chi connectivity index (χ3v) is 5.40. The quantitative estimate of drug-likeness (QED) is 0.817. The minimum Gasteiger partial charge on any atom is -0.444 e. The predicted octanol–water partition coefficient (Wildman–Crippen LogP) is 4.50. The van der Waals surface area contributed by atoms with E-state index in [-0.39, 0.29) is 12.1 Å². The van der Waals surface area contributed by atoms with Crippen LogP contribution in [0.1, 0.15) is 64.0 Å². The van der Waals surface area contributed by atoms with E-state index < -0.39 is 17.3 Å². The molecule has 2 amide bonds. The van der Waals surface area contributed by atoms with Crippen molar-refractivity contribution in [3.05, 3.63) is 21.4 Å². The molecule has 6 nitrogen and oxygen atoms in total. The molecule has 0 spiro atoms. The number of carbonyl (C=O) groups is 2. The van der Waals surface area contributed by atoms with E-state index in [0.29, 0.717) is 6.54 Å². The van der Waals surface area contributed by atoms with E-state index in [4.69, 9.17) is 9.47 Å². The molecule has 152 valence electrons. The summed E-state index contributed by atoms with van der Waals surface area (Å²) in [7, 11) is 1.80. The van der Waals surface area contributed by atoms with Crippen LogP contribution in [0.5, 0.6) is 0 Å². The maximum atomic E-state index is 12.4. The molecule has 1 unspecified atom stereocenters. The van der Waals surface area contributed by atoms with E-state index in [2.05, 4.69) is 10.7 Å². The lowest BCUT2D eigenvalue weighted by Gasteiger charge is -2.33. The molecular formula is C20H32N2O4S.